The van der Waals surface area contributed by atoms with Crippen LogP contribution < -0.4 is 0 Å². The Morgan fingerprint density at radius 1 is 1.57 bits per heavy atom. The number of allylic oxidation sites excluding steroid dienone is 3. The molecule has 76 valence electrons. The molecule has 0 aromatic rings. The van der Waals surface area contributed by atoms with E-state index < -0.39 is 0 Å². The molecule has 0 N–H and O–H groups in total. The van der Waals surface area contributed by atoms with Crippen LogP contribution in [0.1, 0.15) is 20.3 Å². The summed E-state index contributed by atoms with van der Waals surface area (Å²) in [5.74, 6) is 1.55. The van der Waals surface area contributed by atoms with Crippen molar-refractivity contribution in [1.29, 1.82) is 0 Å². The molecule has 2 heteroatoms. The van der Waals surface area contributed by atoms with Crippen LogP contribution in [0.2, 0.25) is 0 Å². The van der Waals surface area contributed by atoms with Crippen molar-refractivity contribution in [3.05, 3.63) is 36.7 Å². The maximum atomic E-state index is 4.33. The van der Waals surface area contributed by atoms with Gasteiger partial charge in [0.1, 0.15) is 5.84 Å². The Hall–Kier alpha value is -1.31. The van der Waals surface area contributed by atoms with Gasteiger partial charge in [0.15, 0.2) is 0 Å². The minimum Gasteiger partial charge on any atom is -0.306 e. The zero-order valence-electron chi connectivity index (χ0n) is 9.20. The lowest BCUT2D eigenvalue weighted by atomic mass is 10.1. The highest BCUT2D eigenvalue weighted by molar-refractivity contribution is 5.87. The normalized spacial score (nSPS) is 18.9. The van der Waals surface area contributed by atoms with Crippen molar-refractivity contribution in [2.24, 2.45) is 10.9 Å². The van der Waals surface area contributed by atoms with Crippen LogP contribution in [0.15, 0.2) is 41.7 Å². The SMILES string of the molecule is C=C1C=CC=CN1C(=NC)C(C)CC. The summed E-state index contributed by atoms with van der Waals surface area (Å²) < 4.78 is 0. The Morgan fingerprint density at radius 2 is 2.29 bits per heavy atom. The molecule has 0 fully saturated rings. The first-order valence-electron chi connectivity index (χ1n) is 5.00. The first kappa shape index (κ1) is 10.8. The summed E-state index contributed by atoms with van der Waals surface area (Å²) in [5, 5.41) is 0. The molecule has 0 bridgehead atoms. The smallest absolute Gasteiger partial charge is 0.110 e. The van der Waals surface area contributed by atoms with Crippen LogP contribution >= 0.6 is 0 Å². The molecule has 1 aliphatic rings. The number of aliphatic imine (C=N–C) groups is 1. The van der Waals surface area contributed by atoms with Crippen molar-refractivity contribution in [3.63, 3.8) is 0 Å². The highest BCUT2D eigenvalue weighted by atomic mass is 15.2. The number of amidine groups is 1. The predicted octanol–water partition coefficient (Wildman–Crippen LogP) is 2.96. The number of rotatable bonds is 2. The summed E-state index contributed by atoms with van der Waals surface area (Å²) >= 11 is 0. The second-order valence-corrected chi connectivity index (χ2v) is 3.45. The molecule has 0 saturated heterocycles. The van der Waals surface area contributed by atoms with Gasteiger partial charge in [0.25, 0.3) is 0 Å². The molecule has 14 heavy (non-hydrogen) atoms. The van der Waals surface area contributed by atoms with Gasteiger partial charge in [-0.1, -0.05) is 26.5 Å². The molecule has 2 nitrogen and oxygen atoms in total. The molecule has 0 radical (unpaired) electrons. The number of hydrogen-bond acceptors (Lipinski definition) is 1. The molecule has 1 unspecified atom stereocenters. The fraction of sp³-hybridized carbons (Fsp3) is 0.417. The van der Waals surface area contributed by atoms with Crippen LogP contribution in [0, 0.1) is 5.92 Å². The van der Waals surface area contributed by atoms with Crippen molar-refractivity contribution in [3.8, 4) is 0 Å². The first-order valence-corrected chi connectivity index (χ1v) is 5.00. The zero-order valence-corrected chi connectivity index (χ0v) is 9.20. The first-order chi connectivity index (χ1) is 6.70. The average molecular weight is 190 g/mol. The van der Waals surface area contributed by atoms with E-state index in [-0.39, 0.29) is 0 Å². The van der Waals surface area contributed by atoms with Crippen LogP contribution in [-0.2, 0) is 0 Å². The van der Waals surface area contributed by atoms with E-state index in [9.17, 15) is 0 Å². The van der Waals surface area contributed by atoms with Crippen LogP contribution in [0.5, 0.6) is 0 Å². The van der Waals surface area contributed by atoms with Gasteiger partial charge in [-0.15, -0.1) is 0 Å². The molecular weight excluding hydrogens is 172 g/mol. The van der Waals surface area contributed by atoms with Crippen molar-refractivity contribution in [2.75, 3.05) is 7.05 Å². The summed E-state index contributed by atoms with van der Waals surface area (Å²) in [6.07, 6.45) is 9.09. The Labute approximate surface area is 86.3 Å². The fourth-order valence-corrected chi connectivity index (χ4v) is 1.45. The summed E-state index contributed by atoms with van der Waals surface area (Å²) in [6.45, 7) is 8.34. The third-order valence-electron chi connectivity index (χ3n) is 2.47. The Balaban J connectivity index is 2.86. The van der Waals surface area contributed by atoms with Crippen molar-refractivity contribution in [2.45, 2.75) is 20.3 Å². The van der Waals surface area contributed by atoms with E-state index in [1.54, 1.807) is 0 Å². The molecule has 1 atom stereocenters. The molecule has 0 spiro atoms. The highest BCUT2D eigenvalue weighted by Crippen LogP contribution is 2.17. The number of nitrogens with zero attached hydrogens (tertiary/aromatic N) is 2. The molecule has 1 rings (SSSR count). The second kappa shape index (κ2) is 4.80. The lowest BCUT2D eigenvalue weighted by molar-refractivity contribution is 0.605. The van der Waals surface area contributed by atoms with Gasteiger partial charge >= 0.3 is 0 Å². The summed E-state index contributed by atoms with van der Waals surface area (Å²) in [4.78, 5) is 6.38. The molecule has 0 aromatic heterocycles. The van der Waals surface area contributed by atoms with Crippen LogP contribution in [-0.4, -0.2) is 17.8 Å². The van der Waals surface area contributed by atoms with Crippen molar-refractivity contribution < 1.29 is 0 Å². The molecule has 1 heterocycles. The monoisotopic (exact) mass is 190 g/mol. The zero-order chi connectivity index (χ0) is 10.6. The molecule has 0 amide bonds. The van der Waals surface area contributed by atoms with Gasteiger partial charge in [0.05, 0.1) is 0 Å². The van der Waals surface area contributed by atoms with Crippen LogP contribution in [0.3, 0.4) is 0 Å². The van der Waals surface area contributed by atoms with Crippen molar-refractivity contribution >= 4 is 5.84 Å². The van der Waals surface area contributed by atoms with Crippen LogP contribution in [0.25, 0.3) is 0 Å². The van der Waals surface area contributed by atoms with E-state index in [2.05, 4.69) is 25.4 Å². The molecule has 1 aliphatic heterocycles. The van der Waals surface area contributed by atoms with E-state index in [1.165, 1.54) is 0 Å². The quantitative estimate of drug-likeness (QED) is 0.483. The minimum atomic E-state index is 0.466. The van der Waals surface area contributed by atoms with E-state index in [4.69, 9.17) is 0 Å². The lowest BCUT2D eigenvalue weighted by Gasteiger charge is -2.27. The maximum Gasteiger partial charge on any atom is 0.110 e. The van der Waals surface area contributed by atoms with Gasteiger partial charge in [0, 0.05) is 24.9 Å². The van der Waals surface area contributed by atoms with Crippen molar-refractivity contribution in [1.82, 2.24) is 4.90 Å². The van der Waals surface area contributed by atoms with E-state index >= 15 is 0 Å². The topological polar surface area (TPSA) is 15.6 Å². The second-order valence-electron chi connectivity index (χ2n) is 3.45. The standard InChI is InChI=1S/C12H18N2/c1-5-10(2)12(13-4)14-9-7-6-8-11(14)3/h6-10H,3,5H2,1-2,4H3. The van der Waals surface area contributed by atoms with Gasteiger partial charge in [-0.25, -0.2) is 0 Å². The van der Waals surface area contributed by atoms with E-state index in [1.807, 2.05) is 36.4 Å². The van der Waals surface area contributed by atoms with Crippen LogP contribution in [0.4, 0.5) is 0 Å². The highest BCUT2D eigenvalue weighted by Gasteiger charge is 2.16. The minimum absolute atomic E-state index is 0.466. The fourth-order valence-electron chi connectivity index (χ4n) is 1.45. The Bertz CT molecular complexity index is 297. The molecule has 0 aliphatic carbocycles. The van der Waals surface area contributed by atoms with Gasteiger partial charge in [-0.3, -0.25) is 4.99 Å². The molecule has 0 saturated carbocycles. The molecular formula is C12H18N2. The van der Waals surface area contributed by atoms with Gasteiger partial charge < -0.3 is 4.90 Å². The summed E-state index contributed by atoms with van der Waals surface area (Å²) in [5.41, 5.74) is 0.980. The molecule has 0 aromatic carbocycles. The summed E-state index contributed by atoms with van der Waals surface area (Å²) in [7, 11) is 1.83. The maximum absolute atomic E-state index is 4.33. The Kier molecular flexibility index (Phi) is 3.69. The largest absolute Gasteiger partial charge is 0.306 e. The van der Waals surface area contributed by atoms with E-state index in [0.717, 1.165) is 18.0 Å². The predicted molar refractivity (Wildman–Crippen MR) is 62.1 cm³/mol. The van der Waals surface area contributed by atoms with Gasteiger partial charge in [-0.05, 0) is 18.6 Å². The average Bonchev–Trinajstić information content (AvgIpc) is 2.21. The van der Waals surface area contributed by atoms with Gasteiger partial charge in [-0.2, -0.15) is 0 Å². The van der Waals surface area contributed by atoms with E-state index in [0.29, 0.717) is 5.92 Å². The Morgan fingerprint density at radius 3 is 2.79 bits per heavy atom. The van der Waals surface area contributed by atoms with Gasteiger partial charge in [0.2, 0.25) is 0 Å². The third kappa shape index (κ3) is 2.13. The summed E-state index contributed by atoms with van der Waals surface area (Å²) in [6, 6.07) is 0. The number of hydrogen-bond donors (Lipinski definition) is 0. The lowest BCUT2D eigenvalue weighted by Crippen LogP contribution is -2.30. The third-order valence-corrected chi connectivity index (χ3v) is 2.47.